The van der Waals surface area contributed by atoms with Crippen molar-refractivity contribution < 1.29 is 4.79 Å². The summed E-state index contributed by atoms with van der Waals surface area (Å²) in [5.74, 6) is -0.0186. The minimum absolute atomic E-state index is 0.0186. The van der Waals surface area contributed by atoms with Gasteiger partial charge in [-0.3, -0.25) is 9.69 Å². The van der Waals surface area contributed by atoms with E-state index in [4.69, 9.17) is 0 Å². The minimum atomic E-state index is -0.0186. The van der Waals surface area contributed by atoms with Crippen molar-refractivity contribution in [3.63, 3.8) is 0 Å². The second kappa shape index (κ2) is 7.60. The van der Waals surface area contributed by atoms with Gasteiger partial charge in [0, 0.05) is 31.2 Å². The first-order valence-corrected chi connectivity index (χ1v) is 8.22. The molecule has 2 rings (SSSR count). The lowest BCUT2D eigenvalue weighted by Gasteiger charge is -2.34. The molecule has 1 aromatic carbocycles. The number of hydrogen-bond acceptors (Lipinski definition) is 2. The van der Waals surface area contributed by atoms with Crippen molar-refractivity contribution in [3.8, 4) is 0 Å². The van der Waals surface area contributed by atoms with E-state index < -0.39 is 0 Å². The van der Waals surface area contributed by atoms with Gasteiger partial charge < -0.3 is 5.32 Å². The number of amides is 1. The van der Waals surface area contributed by atoms with Crippen LogP contribution in [0.3, 0.4) is 0 Å². The maximum atomic E-state index is 11.1. The summed E-state index contributed by atoms with van der Waals surface area (Å²) < 4.78 is 0. The second-order valence-corrected chi connectivity index (χ2v) is 6.25. The third-order valence-electron chi connectivity index (χ3n) is 4.59. The SMILES string of the molecule is CC[C@H](C)N(Cc1ccc(NC(C)=O)cc1)C1CCCC1. The summed E-state index contributed by atoms with van der Waals surface area (Å²) in [6.45, 7) is 7.16. The lowest BCUT2D eigenvalue weighted by atomic mass is 10.1. The van der Waals surface area contributed by atoms with Crippen molar-refractivity contribution >= 4 is 11.6 Å². The normalized spacial score (nSPS) is 17.1. The molecule has 21 heavy (non-hydrogen) atoms. The molecule has 0 spiro atoms. The lowest BCUT2D eigenvalue weighted by molar-refractivity contribution is -0.114. The zero-order chi connectivity index (χ0) is 15.2. The van der Waals surface area contributed by atoms with E-state index in [-0.39, 0.29) is 5.91 Å². The van der Waals surface area contributed by atoms with Gasteiger partial charge in [0.2, 0.25) is 5.91 Å². The molecule has 0 radical (unpaired) electrons. The smallest absolute Gasteiger partial charge is 0.221 e. The molecule has 3 heteroatoms. The summed E-state index contributed by atoms with van der Waals surface area (Å²) in [5.41, 5.74) is 2.21. The number of nitrogens with zero attached hydrogens (tertiary/aromatic N) is 1. The molecule has 1 aromatic rings. The van der Waals surface area contributed by atoms with Crippen LogP contribution in [0.1, 0.15) is 58.4 Å². The Balaban J connectivity index is 2.03. The van der Waals surface area contributed by atoms with Gasteiger partial charge in [0.05, 0.1) is 0 Å². The number of benzene rings is 1. The number of hydrogen-bond donors (Lipinski definition) is 1. The van der Waals surface area contributed by atoms with Crippen LogP contribution in [0.5, 0.6) is 0 Å². The Morgan fingerprint density at radius 3 is 2.43 bits per heavy atom. The molecule has 116 valence electrons. The van der Waals surface area contributed by atoms with E-state index in [0.717, 1.165) is 18.3 Å². The maximum Gasteiger partial charge on any atom is 0.221 e. The van der Waals surface area contributed by atoms with Gasteiger partial charge in [0.1, 0.15) is 0 Å². The number of carbonyl (C=O) groups is 1. The monoisotopic (exact) mass is 288 g/mol. The number of nitrogens with one attached hydrogen (secondary N) is 1. The van der Waals surface area contributed by atoms with Gasteiger partial charge in [-0.25, -0.2) is 0 Å². The molecule has 1 N–H and O–H groups in total. The number of anilines is 1. The van der Waals surface area contributed by atoms with Crippen molar-refractivity contribution in [1.82, 2.24) is 4.90 Å². The van der Waals surface area contributed by atoms with Crippen LogP contribution in [0, 0.1) is 0 Å². The highest BCUT2D eigenvalue weighted by Gasteiger charge is 2.25. The van der Waals surface area contributed by atoms with Crippen LogP contribution in [0.4, 0.5) is 5.69 Å². The summed E-state index contributed by atoms with van der Waals surface area (Å²) in [6.07, 6.45) is 6.63. The van der Waals surface area contributed by atoms with Crippen molar-refractivity contribution in [2.75, 3.05) is 5.32 Å². The fourth-order valence-electron chi connectivity index (χ4n) is 3.22. The summed E-state index contributed by atoms with van der Waals surface area (Å²) in [6, 6.07) is 9.64. The van der Waals surface area contributed by atoms with Gasteiger partial charge in [-0.1, -0.05) is 31.9 Å². The average Bonchev–Trinajstić information content (AvgIpc) is 2.99. The zero-order valence-corrected chi connectivity index (χ0v) is 13.6. The predicted octanol–water partition coefficient (Wildman–Crippen LogP) is 4.19. The van der Waals surface area contributed by atoms with E-state index in [1.165, 1.54) is 37.7 Å². The molecule has 1 fully saturated rings. The largest absolute Gasteiger partial charge is 0.326 e. The van der Waals surface area contributed by atoms with E-state index in [0.29, 0.717) is 6.04 Å². The Labute approximate surface area is 128 Å². The average molecular weight is 288 g/mol. The molecule has 0 aliphatic heterocycles. The van der Waals surface area contributed by atoms with Gasteiger partial charge in [-0.2, -0.15) is 0 Å². The first-order chi connectivity index (χ1) is 10.1. The fraction of sp³-hybridized carbons (Fsp3) is 0.611. The van der Waals surface area contributed by atoms with E-state index in [1.54, 1.807) is 6.92 Å². The van der Waals surface area contributed by atoms with Crippen molar-refractivity contribution in [2.24, 2.45) is 0 Å². The molecule has 0 saturated heterocycles. The van der Waals surface area contributed by atoms with Gasteiger partial charge >= 0.3 is 0 Å². The van der Waals surface area contributed by atoms with Crippen LogP contribution in [-0.4, -0.2) is 22.9 Å². The Kier molecular flexibility index (Phi) is 5.80. The van der Waals surface area contributed by atoms with Gasteiger partial charge in [0.25, 0.3) is 0 Å². The van der Waals surface area contributed by atoms with Crippen molar-refractivity contribution in [1.29, 1.82) is 0 Å². The second-order valence-electron chi connectivity index (χ2n) is 6.25. The molecule has 1 aliphatic rings. The van der Waals surface area contributed by atoms with E-state index >= 15 is 0 Å². The van der Waals surface area contributed by atoms with E-state index in [2.05, 4.69) is 36.2 Å². The molecule has 1 saturated carbocycles. The molecular formula is C18H28N2O. The summed E-state index contributed by atoms with van der Waals surface area (Å²) in [5, 5.41) is 2.82. The van der Waals surface area contributed by atoms with E-state index in [9.17, 15) is 4.79 Å². The number of rotatable bonds is 6. The standard InChI is InChI=1S/C18H28N2O/c1-4-14(2)20(18-7-5-6-8-18)13-16-9-11-17(12-10-16)19-15(3)21/h9-12,14,18H,4-8,13H2,1-3H3,(H,19,21)/t14-/m0/s1. The van der Waals surface area contributed by atoms with Crippen LogP contribution in [0.25, 0.3) is 0 Å². The molecule has 1 atom stereocenters. The number of carbonyl (C=O) groups excluding carboxylic acids is 1. The Bertz CT molecular complexity index is 449. The van der Waals surface area contributed by atoms with Gasteiger partial charge in [0.15, 0.2) is 0 Å². The molecular weight excluding hydrogens is 260 g/mol. The fourth-order valence-corrected chi connectivity index (χ4v) is 3.22. The molecule has 0 bridgehead atoms. The third kappa shape index (κ3) is 4.57. The minimum Gasteiger partial charge on any atom is -0.326 e. The zero-order valence-electron chi connectivity index (χ0n) is 13.6. The van der Waals surface area contributed by atoms with Gasteiger partial charge in [-0.05, 0) is 43.9 Å². The van der Waals surface area contributed by atoms with Gasteiger partial charge in [-0.15, -0.1) is 0 Å². The summed E-state index contributed by atoms with van der Waals surface area (Å²) >= 11 is 0. The van der Waals surface area contributed by atoms with Crippen LogP contribution in [-0.2, 0) is 11.3 Å². The molecule has 0 heterocycles. The van der Waals surface area contributed by atoms with Crippen LogP contribution in [0.2, 0.25) is 0 Å². The maximum absolute atomic E-state index is 11.1. The Hall–Kier alpha value is -1.35. The lowest BCUT2D eigenvalue weighted by Crippen LogP contribution is -2.39. The molecule has 1 aliphatic carbocycles. The summed E-state index contributed by atoms with van der Waals surface area (Å²) in [4.78, 5) is 13.7. The summed E-state index contributed by atoms with van der Waals surface area (Å²) in [7, 11) is 0. The van der Waals surface area contributed by atoms with E-state index in [1.807, 2.05) is 12.1 Å². The van der Waals surface area contributed by atoms with Crippen LogP contribution < -0.4 is 5.32 Å². The van der Waals surface area contributed by atoms with Crippen molar-refractivity contribution in [3.05, 3.63) is 29.8 Å². The predicted molar refractivity (Wildman–Crippen MR) is 88.3 cm³/mol. The topological polar surface area (TPSA) is 32.3 Å². The molecule has 3 nitrogen and oxygen atoms in total. The highest BCUT2D eigenvalue weighted by atomic mass is 16.1. The molecule has 0 aromatic heterocycles. The third-order valence-corrected chi connectivity index (χ3v) is 4.59. The first kappa shape index (κ1) is 16.0. The van der Waals surface area contributed by atoms with Crippen molar-refractivity contribution in [2.45, 2.75) is 71.5 Å². The molecule has 0 unspecified atom stereocenters. The highest BCUT2D eigenvalue weighted by Crippen LogP contribution is 2.27. The van der Waals surface area contributed by atoms with Crippen LogP contribution in [0.15, 0.2) is 24.3 Å². The highest BCUT2D eigenvalue weighted by molar-refractivity contribution is 5.88. The Morgan fingerprint density at radius 2 is 1.90 bits per heavy atom. The quantitative estimate of drug-likeness (QED) is 0.851. The Morgan fingerprint density at radius 1 is 1.29 bits per heavy atom. The van der Waals surface area contributed by atoms with Crippen LogP contribution >= 0.6 is 0 Å². The molecule has 1 amide bonds. The first-order valence-electron chi connectivity index (χ1n) is 8.22.